The largest absolute Gasteiger partial charge is 0.511 e. The van der Waals surface area contributed by atoms with Gasteiger partial charge in [0.25, 0.3) is 0 Å². The minimum atomic E-state index is -1.29. The Morgan fingerprint density at radius 2 is 1.88 bits per heavy atom. The quantitative estimate of drug-likeness (QED) is 0.808. The molecule has 17 heavy (non-hydrogen) atoms. The van der Waals surface area contributed by atoms with E-state index in [9.17, 15) is 4.79 Å². The van der Waals surface area contributed by atoms with Crippen molar-refractivity contribution >= 4 is 6.16 Å². The van der Waals surface area contributed by atoms with E-state index in [-0.39, 0.29) is 0 Å². The Bertz CT molecular complexity index is 543. The maximum atomic E-state index is 10.5. The Balaban J connectivity index is 2.49. The molecule has 0 aliphatic carbocycles. The van der Waals surface area contributed by atoms with Gasteiger partial charge in [0.2, 0.25) is 0 Å². The minimum absolute atomic E-state index is 0.374. The molecule has 0 atom stereocenters. The van der Waals surface area contributed by atoms with Crippen molar-refractivity contribution in [2.45, 2.75) is 13.8 Å². The number of nitrogens with zero attached hydrogens (tertiary/aromatic N) is 1. The summed E-state index contributed by atoms with van der Waals surface area (Å²) < 4.78 is 6.68. The average molecular weight is 231 g/mol. The lowest BCUT2D eigenvalue weighted by Crippen LogP contribution is -2.04. The Morgan fingerprint density at radius 3 is 2.47 bits per heavy atom. The summed E-state index contributed by atoms with van der Waals surface area (Å²) in [6.45, 7) is 3.74. The summed E-state index contributed by atoms with van der Waals surface area (Å²) in [7, 11) is 0. The molecule has 4 heteroatoms. The van der Waals surface area contributed by atoms with Crippen LogP contribution in [0, 0.1) is 13.8 Å². The first kappa shape index (κ1) is 11.3. The van der Waals surface area contributed by atoms with Gasteiger partial charge in [-0.15, -0.1) is 0 Å². The van der Waals surface area contributed by atoms with Crippen LogP contribution < -0.4 is 4.74 Å². The highest BCUT2D eigenvalue weighted by Gasteiger charge is 2.13. The van der Waals surface area contributed by atoms with Crippen LogP contribution in [0.3, 0.4) is 0 Å². The maximum absolute atomic E-state index is 10.5. The summed E-state index contributed by atoms with van der Waals surface area (Å²) in [5.41, 5.74) is 2.70. The first-order chi connectivity index (χ1) is 8.09. The number of carbonyl (C=O) groups is 1. The van der Waals surface area contributed by atoms with Gasteiger partial charge in [-0.3, -0.25) is 0 Å². The first-order valence-corrected chi connectivity index (χ1v) is 5.24. The van der Waals surface area contributed by atoms with Gasteiger partial charge in [0, 0.05) is 17.4 Å². The van der Waals surface area contributed by atoms with Crippen molar-refractivity contribution in [2.24, 2.45) is 0 Å². The van der Waals surface area contributed by atoms with E-state index in [1.54, 1.807) is 6.07 Å². The van der Waals surface area contributed by atoms with E-state index in [1.165, 1.54) is 0 Å². The second-order valence-corrected chi connectivity index (χ2v) is 3.77. The fourth-order valence-electron chi connectivity index (χ4n) is 1.91. The summed E-state index contributed by atoms with van der Waals surface area (Å²) in [5.74, 6) is 0.374. The molecule has 0 unspecified atom stereocenters. The van der Waals surface area contributed by atoms with E-state index in [4.69, 9.17) is 9.84 Å². The Hall–Kier alpha value is -2.23. The van der Waals surface area contributed by atoms with E-state index in [1.807, 2.05) is 48.7 Å². The van der Waals surface area contributed by atoms with Gasteiger partial charge in [-0.05, 0) is 26.0 Å². The number of benzene rings is 1. The fourth-order valence-corrected chi connectivity index (χ4v) is 1.91. The van der Waals surface area contributed by atoms with Crippen LogP contribution in [-0.4, -0.2) is 15.8 Å². The lowest BCUT2D eigenvalue weighted by atomic mass is 10.3. The number of para-hydroxylation sites is 1. The van der Waals surface area contributed by atoms with E-state index in [0.29, 0.717) is 5.75 Å². The summed E-state index contributed by atoms with van der Waals surface area (Å²) >= 11 is 0. The van der Waals surface area contributed by atoms with Crippen molar-refractivity contribution < 1.29 is 14.6 Å². The zero-order valence-corrected chi connectivity index (χ0v) is 9.68. The average Bonchev–Trinajstić information content (AvgIpc) is 2.54. The van der Waals surface area contributed by atoms with Gasteiger partial charge in [-0.25, -0.2) is 4.79 Å². The van der Waals surface area contributed by atoms with Crippen LogP contribution in [0.5, 0.6) is 5.75 Å². The number of aromatic nitrogens is 1. The molecule has 1 N–H and O–H groups in total. The van der Waals surface area contributed by atoms with Crippen LogP contribution in [0.15, 0.2) is 36.4 Å². The number of hydrogen-bond donors (Lipinski definition) is 1. The van der Waals surface area contributed by atoms with E-state index >= 15 is 0 Å². The molecule has 1 aromatic heterocycles. The van der Waals surface area contributed by atoms with Gasteiger partial charge in [-0.1, -0.05) is 18.2 Å². The summed E-state index contributed by atoms with van der Waals surface area (Å²) in [6, 6.07) is 11.5. The number of rotatable bonds is 2. The SMILES string of the molecule is Cc1cc(OC(=O)O)c(C)n1-c1ccccc1. The van der Waals surface area contributed by atoms with Gasteiger partial charge in [0.1, 0.15) is 0 Å². The second kappa shape index (κ2) is 4.33. The van der Waals surface area contributed by atoms with Crippen molar-refractivity contribution in [3.63, 3.8) is 0 Å². The van der Waals surface area contributed by atoms with Crippen molar-refractivity contribution in [1.29, 1.82) is 0 Å². The molecule has 2 aromatic rings. The Labute approximate surface area is 99.1 Å². The molecule has 0 saturated carbocycles. The van der Waals surface area contributed by atoms with Gasteiger partial charge < -0.3 is 14.4 Å². The zero-order chi connectivity index (χ0) is 12.4. The highest BCUT2D eigenvalue weighted by molar-refractivity contribution is 5.62. The van der Waals surface area contributed by atoms with Crippen LogP contribution in [0.1, 0.15) is 11.4 Å². The van der Waals surface area contributed by atoms with Crippen LogP contribution in [0.25, 0.3) is 5.69 Å². The zero-order valence-electron chi connectivity index (χ0n) is 9.68. The normalized spacial score (nSPS) is 10.2. The summed E-state index contributed by atoms with van der Waals surface area (Å²) in [4.78, 5) is 10.5. The smallest absolute Gasteiger partial charge is 0.449 e. The first-order valence-electron chi connectivity index (χ1n) is 5.24. The number of carboxylic acid groups (broad SMARTS) is 1. The summed E-state index contributed by atoms with van der Waals surface area (Å²) in [5, 5.41) is 8.63. The molecule has 0 radical (unpaired) electrons. The van der Waals surface area contributed by atoms with Crippen LogP contribution >= 0.6 is 0 Å². The fraction of sp³-hybridized carbons (Fsp3) is 0.154. The third kappa shape index (κ3) is 2.15. The molecule has 0 bridgehead atoms. The number of aryl methyl sites for hydroxylation is 1. The van der Waals surface area contributed by atoms with Crippen LogP contribution in [0.4, 0.5) is 4.79 Å². The minimum Gasteiger partial charge on any atom is -0.449 e. The highest BCUT2D eigenvalue weighted by atomic mass is 16.7. The highest BCUT2D eigenvalue weighted by Crippen LogP contribution is 2.26. The molecular formula is C13H13NO3. The van der Waals surface area contributed by atoms with Gasteiger partial charge in [-0.2, -0.15) is 0 Å². The third-order valence-electron chi connectivity index (χ3n) is 2.60. The number of hydrogen-bond acceptors (Lipinski definition) is 2. The molecule has 1 heterocycles. The standard InChI is InChI=1S/C13H13NO3/c1-9-8-12(17-13(15)16)10(2)14(9)11-6-4-3-5-7-11/h3-8H,1-2H3,(H,15,16). The van der Waals surface area contributed by atoms with E-state index in [0.717, 1.165) is 17.1 Å². The summed E-state index contributed by atoms with van der Waals surface area (Å²) in [6.07, 6.45) is -1.29. The molecular weight excluding hydrogens is 218 g/mol. The van der Waals surface area contributed by atoms with Crippen molar-refractivity contribution in [3.8, 4) is 11.4 Å². The van der Waals surface area contributed by atoms with Crippen LogP contribution in [-0.2, 0) is 0 Å². The van der Waals surface area contributed by atoms with Crippen molar-refractivity contribution in [2.75, 3.05) is 0 Å². The Morgan fingerprint density at radius 1 is 1.24 bits per heavy atom. The van der Waals surface area contributed by atoms with E-state index < -0.39 is 6.16 Å². The predicted molar refractivity (Wildman–Crippen MR) is 63.9 cm³/mol. The van der Waals surface area contributed by atoms with E-state index in [2.05, 4.69) is 0 Å². The van der Waals surface area contributed by atoms with Crippen LogP contribution in [0.2, 0.25) is 0 Å². The number of ether oxygens (including phenoxy) is 1. The topological polar surface area (TPSA) is 51.5 Å². The lowest BCUT2D eigenvalue weighted by Gasteiger charge is -2.08. The monoisotopic (exact) mass is 231 g/mol. The molecule has 2 rings (SSSR count). The molecule has 0 saturated heterocycles. The molecule has 0 fully saturated rings. The second-order valence-electron chi connectivity index (χ2n) is 3.77. The van der Waals surface area contributed by atoms with Crippen molar-refractivity contribution in [1.82, 2.24) is 4.57 Å². The van der Waals surface area contributed by atoms with Crippen molar-refractivity contribution in [3.05, 3.63) is 47.8 Å². The molecule has 1 aromatic carbocycles. The molecule has 0 aliphatic heterocycles. The lowest BCUT2D eigenvalue weighted by molar-refractivity contribution is 0.144. The molecule has 0 aliphatic rings. The van der Waals surface area contributed by atoms with Gasteiger partial charge in [0.15, 0.2) is 5.75 Å². The van der Waals surface area contributed by atoms with Gasteiger partial charge in [0.05, 0.1) is 5.69 Å². The Kier molecular flexibility index (Phi) is 2.87. The molecule has 0 spiro atoms. The van der Waals surface area contributed by atoms with Gasteiger partial charge >= 0.3 is 6.16 Å². The predicted octanol–water partition coefficient (Wildman–Crippen LogP) is 3.15. The molecule has 0 amide bonds. The molecule has 4 nitrogen and oxygen atoms in total. The maximum Gasteiger partial charge on any atom is 0.511 e. The third-order valence-corrected chi connectivity index (χ3v) is 2.60. The molecule has 88 valence electrons.